The minimum Gasteiger partial charge on any atom is -0.342 e. The van der Waals surface area contributed by atoms with E-state index in [-0.39, 0.29) is 16.9 Å². The summed E-state index contributed by atoms with van der Waals surface area (Å²) < 4.78 is 0. The van der Waals surface area contributed by atoms with Gasteiger partial charge in [-0.3, -0.25) is 14.6 Å². The van der Waals surface area contributed by atoms with Gasteiger partial charge in [-0.15, -0.1) is 0 Å². The lowest BCUT2D eigenvalue weighted by molar-refractivity contribution is -0.139. The van der Waals surface area contributed by atoms with Crippen molar-refractivity contribution in [2.24, 2.45) is 5.92 Å². The lowest BCUT2D eigenvalue weighted by atomic mass is 9.76. The quantitative estimate of drug-likeness (QED) is 0.851. The monoisotopic (exact) mass is 392 g/mol. The van der Waals surface area contributed by atoms with Gasteiger partial charge in [0.15, 0.2) is 0 Å². The third kappa shape index (κ3) is 3.28. The van der Waals surface area contributed by atoms with E-state index in [2.05, 4.69) is 14.9 Å². The number of H-pyrrole nitrogens is 1. The van der Waals surface area contributed by atoms with Crippen molar-refractivity contribution >= 4 is 5.91 Å². The second kappa shape index (κ2) is 7.39. The first-order valence-electron chi connectivity index (χ1n) is 11.0. The van der Waals surface area contributed by atoms with Crippen LogP contribution in [0.2, 0.25) is 0 Å². The third-order valence-corrected chi connectivity index (χ3v) is 7.15. The SMILES string of the molecule is O=C(C1CCCCC1)N1CCCC2(CCc3c2nc(-c2cccnc2)[nH]c3=O)C1. The summed E-state index contributed by atoms with van der Waals surface area (Å²) in [4.78, 5) is 40.1. The number of aromatic amines is 1. The molecule has 2 aromatic heterocycles. The van der Waals surface area contributed by atoms with Crippen molar-refractivity contribution in [2.75, 3.05) is 13.1 Å². The normalized spacial score (nSPS) is 24.6. The third-order valence-electron chi connectivity index (χ3n) is 7.15. The first-order valence-corrected chi connectivity index (χ1v) is 11.0. The molecule has 1 unspecified atom stereocenters. The second-order valence-electron chi connectivity index (χ2n) is 8.96. The Bertz CT molecular complexity index is 965. The number of nitrogens with one attached hydrogen (secondary N) is 1. The highest BCUT2D eigenvalue weighted by atomic mass is 16.2. The molecule has 0 bridgehead atoms. The molecule has 29 heavy (non-hydrogen) atoms. The number of amides is 1. The number of piperidine rings is 1. The summed E-state index contributed by atoms with van der Waals surface area (Å²) >= 11 is 0. The van der Waals surface area contributed by atoms with Crippen LogP contribution < -0.4 is 5.56 Å². The molecule has 1 amide bonds. The number of carbonyl (C=O) groups is 1. The van der Waals surface area contributed by atoms with E-state index in [1.807, 2.05) is 12.1 Å². The van der Waals surface area contributed by atoms with E-state index >= 15 is 0 Å². The Hall–Kier alpha value is -2.50. The number of hydrogen-bond acceptors (Lipinski definition) is 4. The first kappa shape index (κ1) is 18.5. The Morgan fingerprint density at radius 3 is 2.83 bits per heavy atom. The van der Waals surface area contributed by atoms with E-state index in [4.69, 9.17) is 4.98 Å². The number of aromatic nitrogens is 3. The highest BCUT2D eigenvalue weighted by Crippen LogP contribution is 2.44. The Labute approximate surface area is 170 Å². The molecule has 5 rings (SSSR count). The van der Waals surface area contributed by atoms with Crippen LogP contribution in [0.3, 0.4) is 0 Å². The topological polar surface area (TPSA) is 79.0 Å². The van der Waals surface area contributed by atoms with Gasteiger partial charge in [0.05, 0.1) is 5.69 Å². The molecule has 3 aliphatic rings. The zero-order valence-electron chi connectivity index (χ0n) is 16.8. The van der Waals surface area contributed by atoms with Crippen LogP contribution in [0.1, 0.15) is 62.6 Å². The van der Waals surface area contributed by atoms with Gasteiger partial charge in [-0.05, 0) is 50.7 Å². The summed E-state index contributed by atoms with van der Waals surface area (Å²) in [5.74, 6) is 1.10. The molecule has 1 N–H and O–H groups in total. The van der Waals surface area contributed by atoms with Crippen LogP contribution in [0.4, 0.5) is 0 Å². The summed E-state index contributed by atoms with van der Waals surface area (Å²) in [5.41, 5.74) is 2.33. The average Bonchev–Trinajstić information content (AvgIpc) is 3.12. The van der Waals surface area contributed by atoms with E-state index in [0.717, 1.165) is 61.9 Å². The summed E-state index contributed by atoms with van der Waals surface area (Å²) in [6.07, 6.45) is 12.7. The minimum atomic E-state index is -0.177. The number of fused-ring (bicyclic) bond motifs is 2. The Morgan fingerprint density at radius 2 is 2.03 bits per heavy atom. The average molecular weight is 393 g/mol. The Morgan fingerprint density at radius 1 is 1.17 bits per heavy atom. The molecule has 2 aliphatic carbocycles. The predicted molar refractivity (Wildman–Crippen MR) is 110 cm³/mol. The van der Waals surface area contributed by atoms with Crippen LogP contribution in [0, 0.1) is 5.92 Å². The maximum absolute atomic E-state index is 13.2. The largest absolute Gasteiger partial charge is 0.342 e. The van der Waals surface area contributed by atoms with E-state index < -0.39 is 0 Å². The van der Waals surface area contributed by atoms with Crippen molar-refractivity contribution in [3.8, 4) is 11.4 Å². The highest BCUT2D eigenvalue weighted by Gasteiger charge is 2.46. The van der Waals surface area contributed by atoms with Crippen LogP contribution in [0.5, 0.6) is 0 Å². The molecular weight excluding hydrogens is 364 g/mol. The number of likely N-dealkylation sites (tertiary alicyclic amines) is 1. The minimum absolute atomic E-state index is 0.0403. The number of carbonyl (C=O) groups excluding carboxylic acids is 1. The summed E-state index contributed by atoms with van der Waals surface area (Å²) in [6, 6.07) is 3.77. The van der Waals surface area contributed by atoms with Crippen molar-refractivity contribution in [1.29, 1.82) is 0 Å². The molecule has 2 aromatic rings. The van der Waals surface area contributed by atoms with E-state index in [9.17, 15) is 9.59 Å². The zero-order valence-corrected chi connectivity index (χ0v) is 16.8. The molecule has 6 nitrogen and oxygen atoms in total. The zero-order chi connectivity index (χ0) is 19.8. The lowest BCUT2D eigenvalue weighted by Crippen LogP contribution is -2.50. The molecule has 0 aromatic carbocycles. The molecule has 1 saturated carbocycles. The van der Waals surface area contributed by atoms with E-state index in [1.54, 1.807) is 12.4 Å². The predicted octanol–water partition coefficient (Wildman–Crippen LogP) is 3.22. The summed E-state index contributed by atoms with van der Waals surface area (Å²) in [5, 5.41) is 0. The van der Waals surface area contributed by atoms with Gasteiger partial charge in [0.25, 0.3) is 5.56 Å². The van der Waals surface area contributed by atoms with Gasteiger partial charge in [0.2, 0.25) is 5.91 Å². The molecule has 2 fully saturated rings. The van der Waals surface area contributed by atoms with E-state index in [1.165, 1.54) is 19.3 Å². The number of hydrogen-bond donors (Lipinski definition) is 1. The van der Waals surface area contributed by atoms with Gasteiger partial charge in [0, 0.05) is 47.9 Å². The van der Waals surface area contributed by atoms with Crippen LogP contribution in [-0.2, 0) is 16.6 Å². The molecule has 0 radical (unpaired) electrons. The lowest BCUT2D eigenvalue weighted by Gasteiger charge is -2.42. The number of rotatable bonds is 2. The molecule has 1 atom stereocenters. The molecule has 1 saturated heterocycles. The maximum Gasteiger partial charge on any atom is 0.254 e. The van der Waals surface area contributed by atoms with Gasteiger partial charge in [0.1, 0.15) is 5.82 Å². The first-order chi connectivity index (χ1) is 14.2. The molecule has 1 spiro atoms. The fourth-order valence-corrected chi connectivity index (χ4v) is 5.62. The van der Waals surface area contributed by atoms with Crippen molar-refractivity contribution in [3.05, 3.63) is 46.1 Å². The second-order valence-corrected chi connectivity index (χ2v) is 8.96. The van der Waals surface area contributed by atoms with Crippen molar-refractivity contribution in [2.45, 2.75) is 63.2 Å². The van der Waals surface area contributed by atoms with Crippen molar-refractivity contribution in [3.63, 3.8) is 0 Å². The summed E-state index contributed by atoms with van der Waals surface area (Å²) in [6.45, 7) is 1.54. The van der Waals surface area contributed by atoms with Crippen LogP contribution >= 0.6 is 0 Å². The number of pyridine rings is 1. The standard InChI is InChI=1S/C23H28N4O2/c28-21-18-9-11-23(19(18)25-20(26-21)17-8-4-12-24-14-17)10-5-13-27(15-23)22(29)16-6-2-1-3-7-16/h4,8,12,14,16H,1-3,5-7,9-11,13,15H2,(H,25,26,28). The molecule has 3 heterocycles. The number of nitrogens with zero attached hydrogens (tertiary/aromatic N) is 3. The maximum atomic E-state index is 13.2. The van der Waals surface area contributed by atoms with Gasteiger partial charge < -0.3 is 9.88 Å². The van der Waals surface area contributed by atoms with Gasteiger partial charge in [-0.1, -0.05) is 19.3 Å². The fraction of sp³-hybridized carbons (Fsp3) is 0.565. The van der Waals surface area contributed by atoms with E-state index in [0.29, 0.717) is 18.3 Å². The fourth-order valence-electron chi connectivity index (χ4n) is 5.62. The molecule has 6 heteroatoms. The highest BCUT2D eigenvalue weighted by molar-refractivity contribution is 5.79. The Kier molecular flexibility index (Phi) is 4.72. The Balaban J connectivity index is 1.47. The van der Waals surface area contributed by atoms with Gasteiger partial charge in [-0.2, -0.15) is 0 Å². The van der Waals surface area contributed by atoms with Crippen LogP contribution in [-0.4, -0.2) is 38.8 Å². The molecule has 1 aliphatic heterocycles. The van der Waals surface area contributed by atoms with Crippen molar-refractivity contribution < 1.29 is 4.79 Å². The molecule has 152 valence electrons. The van der Waals surface area contributed by atoms with Crippen LogP contribution in [0.15, 0.2) is 29.3 Å². The van der Waals surface area contributed by atoms with Crippen LogP contribution in [0.25, 0.3) is 11.4 Å². The smallest absolute Gasteiger partial charge is 0.254 e. The van der Waals surface area contributed by atoms with Gasteiger partial charge in [-0.25, -0.2) is 4.98 Å². The van der Waals surface area contributed by atoms with Crippen molar-refractivity contribution in [1.82, 2.24) is 19.9 Å². The van der Waals surface area contributed by atoms with Gasteiger partial charge >= 0.3 is 0 Å². The summed E-state index contributed by atoms with van der Waals surface area (Å²) in [7, 11) is 0. The molecular formula is C23H28N4O2.